The highest BCUT2D eigenvalue weighted by atomic mass is 32.2. The second-order valence-electron chi connectivity index (χ2n) is 6.44. The molecule has 0 N–H and O–H groups in total. The summed E-state index contributed by atoms with van der Waals surface area (Å²) in [4.78, 5) is 2.35. The van der Waals surface area contributed by atoms with E-state index in [1.165, 1.54) is 4.31 Å². The largest absolute Gasteiger partial charge is 0.418 e. The van der Waals surface area contributed by atoms with Gasteiger partial charge < -0.3 is 4.42 Å². The molecule has 0 spiro atoms. The van der Waals surface area contributed by atoms with Crippen LogP contribution in [0.1, 0.15) is 35.2 Å². The van der Waals surface area contributed by atoms with E-state index in [1.54, 1.807) is 23.5 Å². The number of aromatic nitrogens is 2. The fraction of sp³-hybridized carbons (Fsp3) is 0.333. The molecule has 0 saturated carbocycles. The normalized spacial score (nSPS) is 18.5. The Morgan fingerprint density at radius 3 is 2.58 bits per heavy atom. The van der Waals surface area contributed by atoms with Crippen molar-refractivity contribution in [3.63, 3.8) is 0 Å². The van der Waals surface area contributed by atoms with Gasteiger partial charge in [0.2, 0.25) is 15.9 Å². The molecule has 0 aliphatic carbocycles. The Labute approximate surface area is 156 Å². The van der Waals surface area contributed by atoms with E-state index >= 15 is 0 Å². The summed E-state index contributed by atoms with van der Waals surface area (Å²) < 4.78 is 33.4. The van der Waals surface area contributed by atoms with E-state index in [1.807, 2.05) is 38.1 Å². The highest BCUT2D eigenvalue weighted by Crippen LogP contribution is 2.37. The molecule has 1 unspecified atom stereocenters. The van der Waals surface area contributed by atoms with Crippen molar-refractivity contribution in [1.82, 2.24) is 14.5 Å². The van der Waals surface area contributed by atoms with Crippen molar-refractivity contribution >= 4 is 21.4 Å². The minimum absolute atomic E-state index is 0.295. The van der Waals surface area contributed by atoms with Gasteiger partial charge in [-0.05, 0) is 51.0 Å². The Kier molecular flexibility index (Phi) is 4.42. The summed E-state index contributed by atoms with van der Waals surface area (Å²) in [5.74, 6) is 0.803. The molecule has 4 rings (SSSR count). The van der Waals surface area contributed by atoms with Gasteiger partial charge in [0.25, 0.3) is 5.89 Å². The molecule has 0 bridgehead atoms. The second-order valence-corrected chi connectivity index (χ2v) is 9.62. The van der Waals surface area contributed by atoms with Crippen LogP contribution >= 0.6 is 11.3 Å². The first-order valence-corrected chi connectivity index (χ1v) is 10.7. The molecule has 2 aromatic heterocycles. The molecule has 3 aromatic rings. The van der Waals surface area contributed by atoms with Crippen molar-refractivity contribution in [3.05, 3.63) is 52.7 Å². The van der Waals surface area contributed by atoms with Gasteiger partial charge in [0.05, 0.1) is 9.77 Å². The molecular weight excluding hydrogens is 370 g/mol. The molecule has 136 valence electrons. The summed E-state index contributed by atoms with van der Waals surface area (Å²) in [6.45, 7) is 4.40. The SMILES string of the molecule is Cc1ccc(S(=O)(=O)N2CCCC2c2nnc(-c3ccc(C)s3)o2)cc1. The van der Waals surface area contributed by atoms with Crippen molar-refractivity contribution < 1.29 is 12.8 Å². The van der Waals surface area contributed by atoms with E-state index in [2.05, 4.69) is 10.2 Å². The molecule has 1 aliphatic heterocycles. The third kappa shape index (κ3) is 3.08. The van der Waals surface area contributed by atoms with E-state index in [4.69, 9.17) is 4.42 Å². The minimum Gasteiger partial charge on any atom is -0.418 e. The lowest BCUT2D eigenvalue weighted by atomic mass is 10.2. The van der Waals surface area contributed by atoms with Crippen LogP contribution in [-0.4, -0.2) is 29.5 Å². The number of nitrogens with zero attached hydrogens (tertiary/aromatic N) is 3. The van der Waals surface area contributed by atoms with Gasteiger partial charge in [-0.25, -0.2) is 8.42 Å². The molecular formula is C18H19N3O3S2. The molecule has 1 atom stereocenters. The summed E-state index contributed by atoms with van der Waals surface area (Å²) in [7, 11) is -3.60. The predicted octanol–water partition coefficient (Wildman–Crippen LogP) is 3.94. The summed E-state index contributed by atoms with van der Waals surface area (Å²) in [5, 5.41) is 8.26. The quantitative estimate of drug-likeness (QED) is 0.675. The first kappa shape index (κ1) is 17.4. The monoisotopic (exact) mass is 389 g/mol. The van der Waals surface area contributed by atoms with Crippen molar-refractivity contribution in [1.29, 1.82) is 0 Å². The summed E-state index contributed by atoms with van der Waals surface area (Å²) in [6, 6.07) is 10.4. The van der Waals surface area contributed by atoms with Gasteiger partial charge in [-0.1, -0.05) is 17.7 Å². The van der Waals surface area contributed by atoms with Crippen LogP contribution in [-0.2, 0) is 10.0 Å². The Balaban J connectivity index is 1.64. The standard InChI is InChI=1S/C18H19N3O3S2/c1-12-5-8-14(9-6-12)26(22,23)21-11-3-4-15(21)17-19-20-18(24-17)16-10-7-13(2)25-16/h5-10,15H,3-4,11H2,1-2H3. The zero-order valence-corrected chi connectivity index (χ0v) is 16.2. The number of hydrogen-bond acceptors (Lipinski definition) is 6. The number of rotatable bonds is 4. The lowest BCUT2D eigenvalue weighted by Gasteiger charge is -2.21. The van der Waals surface area contributed by atoms with Crippen molar-refractivity contribution in [2.24, 2.45) is 0 Å². The fourth-order valence-corrected chi connectivity index (χ4v) is 5.58. The third-order valence-electron chi connectivity index (χ3n) is 4.51. The molecule has 3 heterocycles. The molecule has 1 saturated heterocycles. The summed E-state index contributed by atoms with van der Waals surface area (Å²) in [5.41, 5.74) is 1.02. The van der Waals surface area contributed by atoms with Gasteiger partial charge in [0, 0.05) is 11.4 Å². The molecule has 26 heavy (non-hydrogen) atoms. The van der Waals surface area contributed by atoms with Crippen LogP contribution in [0.5, 0.6) is 0 Å². The molecule has 1 fully saturated rings. The average molecular weight is 390 g/mol. The second kappa shape index (κ2) is 6.61. The zero-order chi connectivity index (χ0) is 18.3. The van der Waals surface area contributed by atoms with Crippen LogP contribution in [0.15, 0.2) is 45.7 Å². The van der Waals surface area contributed by atoms with E-state index < -0.39 is 16.1 Å². The molecule has 0 radical (unpaired) electrons. The Hall–Kier alpha value is -2.03. The number of thiophene rings is 1. The maximum Gasteiger partial charge on any atom is 0.257 e. The van der Waals surface area contributed by atoms with Crippen LogP contribution in [0.25, 0.3) is 10.8 Å². The summed E-state index contributed by atoms with van der Waals surface area (Å²) >= 11 is 1.57. The Morgan fingerprint density at radius 1 is 1.12 bits per heavy atom. The lowest BCUT2D eigenvalue weighted by Crippen LogP contribution is -2.30. The Bertz CT molecular complexity index is 1020. The third-order valence-corrected chi connectivity index (χ3v) is 7.42. The first-order chi connectivity index (χ1) is 12.4. The number of sulfonamides is 1. The van der Waals surface area contributed by atoms with Crippen LogP contribution < -0.4 is 0 Å². The van der Waals surface area contributed by atoms with Crippen molar-refractivity contribution in [2.75, 3.05) is 6.54 Å². The number of hydrogen-bond donors (Lipinski definition) is 0. The maximum atomic E-state index is 13.0. The molecule has 0 amide bonds. The highest BCUT2D eigenvalue weighted by Gasteiger charge is 2.39. The average Bonchev–Trinajstić information content (AvgIpc) is 3.34. The van der Waals surface area contributed by atoms with Gasteiger partial charge in [0.15, 0.2) is 0 Å². The van der Waals surface area contributed by atoms with Crippen LogP contribution in [0.4, 0.5) is 0 Å². The molecule has 1 aromatic carbocycles. The van der Waals surface area contributed by atoms with Gasteiger partial charge in [0.1, 0.15) is 6.04 Å². The van der Waals surface area contributed by atoms with Gasteiger partial charge >= 0.3 is 0 Å². The smallest absolute Gasteiger partial charge is 0.257 e. The number of aryl methyl sites for hydroxylation is 2. The first-order valence-electron chi connectivity index (χ1n) is 8.44. The number of benzene rings is 1. The van der Waals surface area contributed by atoms with Crippen LogP contribution in [0, 0.1) is 13.8 Å². The van der Waals surface area contributed by atoms with E-state index in [0.29, 0.717) is 29.6 Å². The van der Waals surface area contributed by atoms with E-state index in [9.17, 15) is 8.42 Å². The molecule has 8 heteroatoms. The molecule has 6 nitrogen and oxygen atoms in total. The topological polar surface area (TPSA) is 76.3 Å². The van der Waals surface area contributed by atoms with Gasteiger partial charge in [-0.2, -0.15) is 4.31 Å². The maximum absolute atomic E-state index is 13.0. The fourth-order valence-electron chi connectivity index (χ4n) is 3.14. The van der Waals surface area contributed by atoms with Crippen molar-refractivity contribution in [2.45, 2.75) is 37.6 Å². The van der Waals surface area contributed by atoms with Crippen LogP contribution in [0.3, 0.4) is 0 Å². The zero-order valence-electron chi connectivity index (χ0n) is 14.5. The minimum atomic E-state index is -3.60. The van der Waals surface area contributed by atoms with Gasteiger partial charge in [-0.15, -0.1) is 21.5 Å². The van der Waals surface area contributed by atoms with Gasteiger partial charge in [-0.3, -0.25) is 0 Å². The predicted molar refractivity (Wildman–Crippen MR) is 99.4 cm³/mol. The van der Waals surface area contributed by atoms with E-state index in [-0.39, 0.29) is 0 Å². The van der Waals surface area contributed by atoms with E-state index in [0.717, 1.165) is 21.7 Å². The lowest BCUT2D eigenvalue weighted by molar-refractivity contribution is 0.332. The van der Waals surface area contributed by atoms with Crippen molar-refractivity contribution in [3.8, 4) is 10.8 Å². The Morgan fingerprint density at radius 2 is 1.88 bits per heavy atom. The summed E-state index contributed by atoms with van der Waals surface area (Å²) in [6.07, 6.45) is 1.45. The highest BCUT2D eigenvalue weighted by molar-refractivity contribution is 7.89. The molecule has 1 aliphatic rings. The van der Waals surface area contributed by atoms with Crippen LogP contribution in [0.2, 0.25) is 0 Å².